The summed E-state index contributed by atoms with van der Waals surface area (Å²) in [4.78, 5) is 0. The Morgan fingerprint density at radius 3 is 2.17 bits per heavy atom. The standard InChI is InChI=1S/C7H10.C5H6/c1-3-5-7-6-4-2;1-2-4-5-3-1/h3-5,7H,1-2,6H2;1-4H,5H2/b7-5+;. The van der Waals surface area contributed by atoms with Gasteiger partial charge in [-0.25, -0.2) is 0 Å². The summed E-state index contributed by atoms with van der Waals surface area (Å²) >= 11 is 0. The topological polar surface area (TPSA) is 0 Å². The van der Waals surface area contributed by atoms with Crippen molar-refractivity contribution in [2.75, 3.05) is 0 Å². The third-order valence-corrected chi connectivity index (χ3v) is 1.23. The molecule has 64 valence electrons. The molecule has 0 radical (unpaired) electrons. The van der Waals surface area contributed by atoms with Gasteiger partial charge in [0.05, 0.1) is 0 Å². The molecule has 0 fully saturated rings. The smallest absolute Gasteiger partial charge is 0.0163 e. The van der Waals surface area contributed by atoms with Gasteiger partial charge in [-0.1, -0.05) is 55.2 Å². The van der Waals surface area contributed by atoms with Gasteiger partial charge < -0.3 is 0 Å². The van der Waals surface area contributed by atoms with Crippen LogP contribution in [-0.2, 0) is 0 Å². The predicted octanol–water partition coefficient (Wildman–Crippen LogP) is 3.81. The summed E-state index contributed by atoms with van der Waals surface area (Å²) in [5.41, 5.74) is 0. The average molecular weight is 160 g/mol. The van der Waals surface area contributed by atoms with Crippen LogP contribution in [0, 0.1) is 0 Å². The molecule has 0 saturated heterocycles. The second-order valence-electron chi connectivity index (χ2n) is 2.28. The van der Waals surface area contributed by atoms with Crippen LogP contribution in [0.15, 0.2) is 61.8 Å². The van der Waals surface area contributed by atoms with Crippen LogP contribution in [0.5, 0.6) is 0 Å². The number of hydrogen-bond donors (Lipinski definition) is 0. The lowest BCUT2D eigenvalue weighted by Gasteiger charge is -1.71. The van der Waals surface area contributed by atoms with Crippen molar-refractivity contribution in [3.05, 3.63) is 61.8 Å². The van der Waals surface area contributed by atoms with E-state index in [-0.39, 0.29) is 0 Å². The van der Waals surface area contributed by atoms with E-state index in [4.69, 9.17) is 0 Å². The van der Waals surface area contributed by atoms with Crippen LogP contribution in [0.4, 0.5) is 0 Å². The van der Waals surface area contributed by atoms with Gasteiger partial charge in [0.15, 0.2) is 0 Å². The van der Waals surface area contributed by atoms with Gasteiger partial charge in [-0.15, -0.1) is 6.58 Å². The Balaban J connectivity index is 0.000000211. The fourth-order valence-corrected chi connectivity index (χ4v) is 0.664. The monoisotopic (exact) mass is 160 g/mol. The number of rotatable bonds is 3. The highest BCUT2D eigenvalue weighted by molar-refractivity contribution is 5.12. The van der Waals surface area contributed by atoms with E-state index in [0.29, 0.717) is 0 Å². The van der Waals surface area contributed by atoms with Crippen molar-refractivity contribution in [3.63, 3.8) is 0 Å². The normalized spacial score (nSPS) is 12.7. The number of allylic oxidation sites excluding steroid dienone is 8. The molecule has 1 aliphatic rings. The molecule has 0 amide bonds. The molecular formula is C12H16. The van der Waals surface area contributed by atoms with Crippen LogP contribution < -0.4 is 0 Å². The molecule has 0 heteroatoms. The summed E-state index contributed by atoms with van der Waals surface area (Å²) in [6, 6.07) is 0. The summed E-state index contributed by atoms with van der Waals surface area (Å²) in [5.74, 6) is 0. The summed E-state index contributed by atoms with van der Waals surface area (Å²) < 4.78 is 0. The maximum Gasteiger partial charge on any atom is -0.0163 e. The highest BCUT2D eigenvalue weighted by Gasteiger charge is 1.72. The summed E-state index contributed by atoms with van der Waals surface area (Å²) in [7, 11) is 0. The minimum absolute atomic E-state index is 0.937. The van der Waals surface area contributed by atoms with Crippen LogP contribution in [-0.4, -0.2) is 0 Å². The lowest BCUT2D eigenvalue weighted by atomic mass is 10.4. The molecule has 0 saturated carbocycles. The van der Waals surface area contributed by atoms with E-state index in [1.165, 1.54) is 0 Å². The van der Waals surface area contributed by atoms with Gasteiger partial charge in [0, 0.05) is 0 Å². The summed E-state index contributed by atoms with van der Waals surface area (Å²) in [6.07, 6.45) is 17.9. The Morgan fingerprint density at radius 2 is 1.83 bits per heavy atom. The van der Waals surface area contributed by atoms with Crippen LogP contribution >= 0.6 is 0 Å². The largest absolute Gasteiger partial charge is 0.103 e. The third kappa shape index (κ3) is 8.70. The zero-order chi connectivity index (χ0) is 9.07. The maximum absolute atomic E-state index is 3.55. The van der Waals surface area contributed by atoms with Gasteiger partial charge in [0.2, 0.25) is 0 Å². The Morgan fingerprint density at radius 1 is 1.17 bits per heavy atom. The molecule has 0 aromatic rings. The van der Waals surface area contributed by atoms with E-state index in [1.54, 1.807) is 6.08 Å². The van der Waals surface area contributed by atoms with Crippen molar-refractivity contribution in [2.45, 2.75) is 12.8 Å². The fourth-order valence-electron chi connectivity index (χ4n) is 0.664. The summed E-state index contributed by atoms with van der Waals surface area (Å²) in [6.45, 7) is 7.06. The van der Waals surface area contributed by atoms with Crippen LogP contribution in [0.1, 0.15) is 12.8 Å². The SMILES string of the molecule is C1=CCC=C1.C=C/C=C/CC=C. The van der Waals surface area contributed by atoms with Gasteiger partial charge in [0.1, 0.15) is 0 Å². The van der Waals surface area contributed by atoms with Crippen molar-refractivity contribution in [1.82, 2.24) is 0 Å². The quantitative estimate of drug-likeness (QED) is 0.435. The van der Waals surface area contributed by atoms with E-state index in [2.05, 4.69) is 37.5 Å². The molecule has 0 bridgehead atoms. The molecule has 0 aromatic carbocycles. The molecule has 0 nitrogen and oxygen atoms in total. The molecule has 12 heavy (non-hydrogen) atoms. The van der Waals surface area contributed by atoms with E-state index >= 15 is 0 Å². The molecule has 0 unspecified atom stereocenters. The van der Waals surface area contributed by atoms with E-state index in [9.17, 15) is 0 Å². The highest BCUT2D eigenvalue weighted by atomic mass is 13.8. The highest BCUT2D eigenvalue weighted by Crippen LogP contribution is 1.93. The molecule has 1 rings (SSSR count). The second kappa shape index (κ2) is 9.70. The minimum atomic E-state index is 0.937. The maximum atomic E-state index is 3.55. The Kier molecular flexibility index (Phi) is 8.65. The van der Waals surface area contributed by atoms with Crippen LogP contribution in [0.25, 0.3) is 0 Å². The molecule has 0 aliphatic heterocycles. The van der Waals surface area contributed by atoms with Gasteiger partial charge >= 0.3 is 0 Å². The summed E-state index contributed by atoms with van der Waals surface area (Å²) in [5, 5.41) is 0. The molecule has 0 spiro atoms. The Hall–Kier alpha value is -1.30. The van der Waals surface area contributed by atoms with E-state index in [1.807, 2.05) is 18.2 Å². The van der Waals surface area contributed by atoms with Crippen molar-refractivity contribution in [1.29, 1.82) is 0 Å². The lowest BCUT2D eigenvalue weighted by Crippen LogP contribution is -1.50. The minimum Gasteiger partial charge on any atom is -0.103 e. The van der Waals surface area contributed by atoms with Gasteiger partial charge in [-0.2, -0.15) is 0 Å². The molecule has 0 aromatic heterocycles. The zero-order valence-electron chi connectivity index (χ0n) is 7.45. The average Bonchev–Trinajstić information content (AvgIpc) is 2.62. The molecule has 0 N–H and O–H groups in total. The van der Waals surface area contributed by atoms with Crippen molar-refractivity contribution in [3.8, 4) is 0 Å². The molecule has 0 heterocycles. The Bertz CT molecular complexity index is 182. The molecular weight excluding hydrogens is 144 g/mol. The Labute approximate surface area is 75.3 Å². The fraction of sp³-hybridized carbons (Fsp3) is 0.167. The zero-order valence-corrected chi connectivity index (χ0v) is 7.45. The first-order chi connectivity index (χ1) is 5.91. The predicted molar refractivity (Wildman–Crippen MR) is 57.0 cm³/mol. The van der Waals surface area contributed by atoms with Gasteiger partial charge in [0.25, 0.3) is 0 Å². The van der Waals surface area contributed by atoms with E-state index < -0.39 is 0 Å². The molecule has 1 aliphatic carbocycles. The van der Waals surface area contributed by atoms with Crippen molar-refractivity contribution >= 4 is 0 Å². The molecule has 0 atom stereocenters. The second-order valence-corrected chi connectivity index (χ2v) is 2.28. The number of hydrogen-bond acceptors (Lipinski definition) is 0. The van der Waals surface area contributed by atoms with Crippen LogP contribution in [0.2, 0.25) is 0 Å². The third-order valence-electron chi connectivity index (χ3n) is 1.23. The van der Waals surface area contributed by atoms with E-state index in [0.717, 1.165) is 12.8 Å². The van der Waals surface area contributed by atoms with Gasteiger partial charge in [-0.3, -0.25) is 0 Å². The lowest BCUT2D eigenvalue weighted by molar-refractivity contribution is 1.41. The van der Waals surface area contributed by atoms with Crippen LogP contribution in [0.3, 0.4) is 0 Å². The van der Waals surface area contributed by atoms with Gasteiger partial charge in [-0.05, 0) is 12.8 Å². The van der Waals surface area contributed by atoms with Crippen molar-refractivity contribution in [2.24, 2.45) is 0 Å². The first kappa shape index (κ1) is 10.7. The first-order valence-corrected chi connectivity index (χ1v) is 4.12. The van der Waals surface area contributed by atoms with Crippen molar-refractivity contribution < 1.29 is 0 Å². The first-order valence-electron chi connectivity index (χ1n) is 4.12.